The molecule has 4 nitrogen and oxygen atoms in total. The fraction of sp³-hybridized carbons (Fsp3) is 0.200. The summed E-state index contributed by atoms with van der Waals surface area (Å²) < 4.78 is 0. The van der Waals surface area contributed by atoms with Crippen LogP contribution in [0.4, 0.5) is 5.69 Å². The van der Waals surface area contributed by atoms with Crippen molar-refractivity contribution in [3.8, 4) is 0 Å². The molecule has 1 aromatic heterocycles. The van der Waals surface area contributed by atoms with Crippen molar-refractivity contribution in [3.05, 3.63) is 58.3 Å². The summed E-state index contributed by atoms with van der Waals surface area (Å²) in [5.41, 5.74) is 1.57. The first-order valence-corrected chi connectivity index (χ1v) is 7.21. The molecular weight excluding hydrogens is 309 g/mol. The van der Waals surface area contributed by atoms with Gasteiger partial charge in [-0.15, -0.1) is 0 Å². The van der Waals surface area contributed by atoms with E-state index in [4.69, 9.17) is 23.2 Å². The second-order valence-corrected chi connectivity index (χ2v) is 5.34. The van der Waals surface area contributed by atoms with E-state index in [1.54, 1.807) is 18.3 Å². The zero-order valence-electron chi connectivity index (χ0n) is 11.4. The van der Waals surface area contributed by atoms with Crippen LogP contribution in [0.15, 0.2) is 42.6 Å². The molecule has 2 aromatic rings. The van der Waals surface area contributed by atoms with Crippen molar-refractivity contribution in [1.82, 2.24) is 10.3 Å². The Hall–Kier alpha value is -1.62. The third kappa shape index (κ3) is 4.70. The van der Waals surface area contributed by atoms with Crippen LogP contribution in [0.1, 0.15) is 18.5 Å². The first-order chi connectivity index (χ1) is 10.1. The monoisotopic (exact) mass is 323 g/mol. The largest absolute Gasteiger partial charge is 0.322 e. The Morgan fingerprint density at radius 2 is 1.95 bits per heavy atom. The number of anilines is 1. The minimum Gasteiger partial charge on any atom is -0.322 e. The van der Waals surface area contributed by atoms with E-state index in [-0.39, 0.29) is 23.6 Å². The third-order valence-corrected chi connectivity index (χ3v) is 3.53. The number of carbonyl (C=O) groups excluding carboxylic acids is 1. The van der Waals surface area contributed by atoms with E-state index in [0.717, 1.165) is 5.56 Å². The summed E-state index contributed by atoms with van der Waals surface area (Å²) in [6, 6.07) is 11.0. The number of aromatic nitrogens is 1. The summed E-state index contributed by atoms with van der Waals surface area (Å²) in [5, 5.41) is 6.81. The molecule has 0 saturated heterocycles. The second kappa shape index (κ2) is 7.41. The van der Waals surface area contributed by atoms with Gasteiger partial charge in [0, 0.05) is 17.3 Å². The molecule has 0 saturated carbocycles. The number of nitrogens with one attached hydrogen (secondary N) is 2. The molecule has 0 unspecified atom stereocenters. The summed E-state index contributed by atoms with van der Waals surface area (Å²) in [5.74, 6) is -0.175. The molecule has 0 aliphatic rings. The van der Waals surface area contributed by atoms with Gasteiger partial charge in [0.1, 0.15) is 0 Å². The number of amides is 1. The van der Waals surface area contributed by atoms with Crippen LogP contribution in [-0.2, 0) is 4.79 Å². The van der Waals surface area contributed by atoms with E-state index >= 15 is 0 Å². The molecule has 0 radical (unpaired) electrons. The molecule has 1 amide bonds. The predicted molar refractivity (Wildman–Crippen MR) is 85.7 cm³/mol. The van der Waals surface area contributed by atoms with Crippen LogP contribution in [0.3, 0.4) is 0 Å². The SMILES string of the molecule is C[C@@H](NCC(=O)Nc1cccnc1Cl)c1ccc(Cl)cc1. The number of carbonyl (C=O) groups is 1. The van der Waals surface area contributed by atoms with Crippen LogP contribution < -0.4 is 10.6 Å². The molecule has 0 aliphatic carbocycles. The lowest BCUT2D eigenvalue weighted by Crippen LogP contribution is -2.30. The lowest BCUT2D eigenvalue weighted by Gasteiger charge is -2.14. The molecule has 1 atom stereocenters. The highest BCUT2D eigenvalue weighted by atomic mass is 35.5. The molecule has 1 heterocycles. The molecule has 2 rings (SSSR count). The summed E-state index contributed by atoms with van der Waals surface area (Å²) >= 11 is 11.7. The Morgan fingerprint density at radius 1 is 1.24 bits per heavy atom. The average molecular weight is 324 g/mol. The smallest absolute Gasteiger partial charge is 0.238 e. The van der Waals surface area contributed by atoms with Crippen LogP contribution in [0, 0.1) is 0 Å². The molecule has 0 bridgehead atoms. The van der Waals surface area contributed by atoms with E-state index < -0.39 is 0 Å². The van der Waals surface area contributed by atoms with Crippen molar-refractivity contribution < 1.29 is 4.79 Å². The lowest BCUT2D eigenvalue weighted by atomic mass is 10.1. The zero-order chi connectivity index (χ0) is 15.2. The first-order valence-electron chi connectivity index (χ1n) is 6.45. The average Bonchev–Trinajstić information content (AvgIpc) is 2.48. The van der Waals surface area contributed by atoms with Gasteiger partial charge >= 0.3 is 0 Å². The van der Waals surface area contributed by atoms with Gasteiger partial charge in [0.15, 0.2) is 5.15 Å². The first kappa shape index (κ1) is 15.8. The highest BCUT2D eigenvalue weighted by Crippen LogP contribution is 2.18. The van der Waals surface area contributed by atoms with Gasteiger partial charge in [-0.2, -0.15) is 0 Å². The zero-order valence-corrected chi connectivity index (χ0v) is 12.9. The Morgan fingerprint density at radius 3 is 2.62 bits per heavy atom. The van der Waals surface area contributed by atoms with Crippen molar-refractivity contribution >= 4 is 34.8 Å². The number of hydrogen-bond acceptors (Lipinski definition) is 3. The van der Waals surface area contributed by atoms with E-state index in [1.165, 1.54) is 0 Å². The van der Waals surface area contributed by atoms with Gasteiger partial charge in [0.25, 0.3) is 0 Å². The van der Waals surface area contributed by atoms with E-state index in [9.17, 15) is 4.79 Å². The number of benzene rings is 1. The normalized spacial score (nSPS) is 12.0. The fourth-order valence-corrected chi connectivity index (χ4v) is 2.08. The summed E-state index contributed by atoms with van der Waals surface area (Å²) in [6.07, 6.45) is 1.57. The summed E-state index contributed by atoms with van der Waals surface area (Å²) in [6.45, 7) is 2.16. The van der Waals surface area contributed by atoms with Gasteiger partial charge < -0.3 is 10.6 Å². The standard InChI is InChI=1S/C15H15Cl2N3O/c1-10(11-4-6-12(16)7-5-11)19-9-14(21)20-13-3-2-8-18-15(13)17/h2-8,10,19H,9H2,1H3,(H,20,21)/t10-/m1/s1. The molecule has 2 N–H and O–H groups in total. The number of hydrogen-bond donors (Lipinski definition) is 2. The maximum absolute atomic E-state index is 11.9. The molecule has 0 fully saturated rings. The Balaban J connectivity index is 1.86. The molecule has 0 aliphatic heterocycles. The molecule has 21 heavy (non-hydrogen) atoms. The molecular formula is C15H15Cl2N3O. The van der Waals surface area contributed by atoms with Crippen molar-refractivity contribution in [2.24, 2.45) is 0 Å². The van der Waals surface area contributed by atoms with Crippen LogP contribution in [0.5, 0.6) is 0 Å². The minimum absolute atomic E-state index is 0.0392. The molecule has 110 valence electrons. The number of rotatable bonds is 5. The van der Waals surface area contributed by atoms with Gasteiger partial charge in [-0.3, -0.25) is 4.79 Å². The summed E-state index contributed by atoms with van der Waals surface area (Å²) in [4.78, 5) is 15.8. The Labute approximate surface area is 133 Å². The van der Waals surface area contributed by atoms with Crippen LogP contribution in [0.2, 0.25) is 10.2 Å². The van der Waals surface area contributed by atoms with Crippen LogP contribution in [-0.4, -0.2) is 17.4 Å². The van der Waals surface area contributed by atoms with Crippen molar-refractivity contribution in [2.75, 3.05) is 11.9 Å². The molecule has 6 heteroatoms. The lowest BCUT2D eigenvalue weighted by molar-refractivity contribution is -0.115. The topological polar surface area (TPSA) is 54.0 Å². The van der Waals surface area contributed by atoms with E-state index in [2.05, 4.69) is 15.6 Å². The fourth-order valence-electron chi connectivity index (χ4n) is 1.79. The Kier molecular flexibility index (Phi) is 5.56. The maximum Gasteiger partial charge on any atom is 0.238 e. The highest BCUT2D eigenvalue weighted by Gasteiger charge is 2.09. The van der Waals surface area contributed by atoms with E-state index in [1.807, 2.05) is 31.2 Å². The quantitative estimate of drug-likeness (QED) is 0.825. The molecule has 1 aromatic carbocycles. The van der Waals surface area contributed by atoms with E-state index in [0.29, 0.717) is 10.7 Å². The predicted octanol–water partition coefficient (Wildman–Crippen LogP) is 3.68. The van der Waals surface area contributed by atoms with Gasteiger partial charge in [0.2, 0.25) is 5.91 Å². The molecule has 0 spiro atoms. The second-order valence-electron chi connectivity index (χ2n) is 4.54. The number of pyridine rings is 1. The maximum atomic E-state index is 11.9. The van der Waals surface area contributed by atoms with Crippen molar-refractivity contribution in [1.29, 1.82) is 0 Å². The Bertz CT molecular complexity index is 617. The van der Waals surface area contributed by atoms with Crippen molar-refractivity contribution in [3.63, 3.8) is 0 Å². The van der Waals surface area contributed by atoms with Gasteiger partial charge in [-0.25, -0.2) is 4.98 Å². The minimum atomic E-state index is -0.175. The van der Waals surface area contributed by atoms with Gasteiger partial charge in [0.05, 0.1) is 12.2 Å². The van der Waals surface area contributed by atoms with Crippen LogP contribution in [0.25, 0.3) is 0 Å². The number of nitrogens with zero attached hydrogens (tertiary/aromatic N) is 1. The van der Waals surface area contributed by atoms with Gasteiger partial charge in [-0.1, -0.05) is 35.3 Å². The number of halogens is 2. The summed E-state index contributed by atoms with van der Waals surface area (Å²) in [7, 11) is 0. The third-order valence-electron chi connectivity index (χ3n) is 2.97. The highest BCUT2D eigenvalue weighted by molar-refractivity contribution is 6.32. The van der Waals surface area contributed by atoms with Crippen molar-refractivity contribution in [2.45, 2.75) is 13.0 Å². The van der Waals surface area contributed by atoms with Gasteiger partial charge in [-0.05, 0) is 36.8 Å². The van der Waals surface area contributed by atoms with Crippen LogP contribution >= 0.6 is 23.2 Å².